The normalized spacial score (nSPS) is 22.1. The molecule has 31 heavy (non-hydrogen) atoms. The van der Waals surface area contributed by atoms with Crippen molar-refractivity contribution in [3.8, 4) is 0 Å². The molecule has 1 aliphatic carbocycles. The van der Waals surface area contributed by atoms with Crippen LogP contribution in [0, 0.1) is 0 Å². The number of H-pyrrole nitrogens is 1. The van der Waals surface area contributed by atoms with E-state index in [4.69, 9.17) is 4.74 Å². The first-order valence-electron chi connectivity index (χ1n) is 10.5. The molecule has 0 saturated heterocycles. The lowest BCUT2D eigenvalue weighted by atomic mass is 10.0. The van der Waals surface area contributed by atoms with Gasteiger partial charge in [0.15, 0.2) is 11.6 Å². The number of nitrogens with one attached hydrogen (secondary N) is 2. The van der Waals surface area contributed by atoms with Crippen LogP contribution in [0.3, 0.4) is 0 Å². The number of hydrogen-bond donors (Lipinski definition) is 2. The first-order valence-corrected chi connectivity index (χ1v) is 12.1. The monoisotopic (exact) mass is 448 g/mol. The number of nitrogens with zero attached hydrogens (tertiary/aromatic N) is 4. The van der Waals surface area contributed by atoms with Crippen LogP contribution in [-0.2, 0) is 21.2 Å². The fourth-order valence-corrected chi connectivity index (χ4v) is 5.79. The minimum absolute atomic E-state index is 0.102. The van der Waals surface area contributed by atoms with E-state index in [0.717, 1.165) is 30.5 Å². The number of aryl methyl sites for hydroxylation is 1. The van der Waals surface area contributed by atoms with E-state index in [9.17, 15) is 13.2 Å². The third-order valence-corrected chi connectivity index (χ3v) is 7.64. The Hall–Kier alpha value is -2.82. The molecular weight excluding hydrogens is 420 g/mol. The van der Waals surface area contributed by atoms with Crippen LogP contribution < -0.4 is 9.62 Å². The average molecular weight is 449 g/mol. The van der Waals surface area contributed by atoms with Gasteiger partial charge in [0.2, 0.25) is 10.0 Å². The van der Waals surface area contributed by atoms with Crippen LogP contribution in [0.5, 0.6) is 0 Å². The summed E-state index contributed by atoms with van der Waals surface area (Å²) in [6.07, 6.45) is 4.16. The van der Waals surface area contributed by atoms with Gasteiger partial charge in [-0.25, -0.2) is 18.2 Å². The van der Waals surface area contributed by atoms with E-state index in [1.54, 1.807) is 20.3 Å². The molecule has 11 heteroatoms. The van der Waals surface area contributed by atoms with Crippen molar-refractivity contribution in [3.63, 3.8) is 0 Å². The molecule has 2 aromatic rings. The molecule has 2 aromatic heterocycles. The van der Waals surface area contributed by atoms with Gasteiger partial charge in [-0.05, 0) is 44.2 Å². The maximum absolute atomic E-state index is 12.5. The predicted octanol–water partition coefficient (Wildman–Crippen LogP) is 2.59. The van der Waals surface area contributed by atoms with E-state index in [-0.39, 0.29) is 23.9 Å². The number of hydrogen-bond acceptors (Lipinski definition) is 7. The van der Waals surface area contributed by atoms with Crippen molar-refractivity contribution in [2.45, 2.75) is 44.6 Å². The lowest BCUT2D eigenvalue weighted by Gasteiger charge is -2.30. The number of pyridine rings is 1. The van der Waals surface area contributed by atoms with E-state index in [0.29, 0.717) is 30.3 Å². The zero-order chi connectivity index (χ0) is 22.2. The highest BCUT2D eigenvalue weighted by atomic mass is 32.2. The van der Waals surface area contributed by atoms with Crippen LogP contribution in [0.1, 0.15) is 43.4 Å². The molecular formula is C20H28N6O4S. The van der Waals surface area contributed by atoms with Crippen molar-refractivity contribution in [2.24, 2.45) is 0 Å². The third-order valence-electron chi connectivity index (χ3n) is 5.81. The fourth-order valence-electron chi connectivity index (χ4n) is 4.22. The molecule has 1 aliphatic heterocycles. The lowest BCUT2D eigenvalue weighted by molar-refractivity contribution is 0.0770. The highest BCUT2D eigenvalue weighted by Gasteiger charge is 2.32. The Morgan fingerprint density at radius 2 is 2.19 bits per heavy atom. The molecule has 0 unspecified atom stereocenters. The Kier molecular flexibility index (Phi) is 5.78. The zero-order valence-electron chi connectivity index (χ0n) is 18.0. The number of sulfonamides is 1. The molecule has 1 fully saturated rings. The second-order valence-electron chi connectivity index (χ2n) is 8.14. The third kappa shape index (κ3) is 4.32. The molecule has 2 atom stereocenters. The van der Waals surface area contributed by atoms with E-state index in [1.165, 1.54) is 9.21 Å². The van der Waals surface area contributed by atoms with Crippen molar-refractivity contribution in [3.05, 3.63) is 29.6 Å². The second kappa shape index (κ2) is 8.37. The molecule has 4 rings (SSSR count). The van der Waals surface area contributed by atoms with Crippen LogP contribution in [0.4, 0.5) is 22.1 Å². The van der Waals surface area contributed by atoms with E-state index in [2.05, 4.69) is 20.5 Å². The quantitative estimate of drug-likeness (QED) is 0.721. The van der Waals surface area contributed by atoms with Gasteiger partial charge in [0.1, 0.15) is 6.10 Å². The number of anilines is 3. The minimum Gasteiger partial charge on any atom is -0.446 e. The molecule has 0 aromatic carbocycles. The molecule has 3 heterocycles. The number of ether oxygens (including phenoxy) is 1. The number of rotatable bonds is 5. The summed E-state index contributed by atoms with van der Waals surface area (Å²) in [5.41, 5.74) is 2.50. The Balaban J connectivity index is 1.49. The summed E-state index contributed by atoms with van der Waals surface area (Å²) in [6.45, 7) is 2.16. The lowest BCUT2D eigenvalue weighted by Crippen LogP contribution is -2.38. The second-order valence-corrected chi connectivity index (χ2v) is 10.2. The molecule has 1 saturated carbocycles. The maximum Gasteiger partial charge on any atom is 0.409 e. The topological polar surface area (TPSA) is 121 Å². The van der Waals surface area contributed by atoms with Crippen molar-refractivity contribution in [2.75, 3.05) is 36.0 Å². The highest BCUT2D eigenvalue weighted by molar-refractivity contribution is 7.92. The molecule has 10 nitrogen and oxygen atoms in total. The Morgan fingerprint density at radius 1 is 1.39 bits per heavy atom. The minimum atomic E-state index is -3.35. The summed E-state index contributed by atoms with van der Waals surface area (Å²) in [5.74, 6) is 1.37. The van der Waals surface area contributed by atoms with Gasteiger partial charge < -0.3 is 15.0 Å². The summed E-state index contributed by atoms with van der Waals surface area (Å²) < 4.78 is 31.9. The highest BCUT2D eigenvalue weighted by Crippen LogP contribution is 2.38. The van der Waals surface area contributed by atoms with Crippen molar-refractivity contribution in [1.29, 1.82) is 0 Å². The number of carbonyl (C=O) groups excluding carboxylic acids is 1. The van der Waals surface area contributed by atoms with Crippen molar-refractivity contribution in [1.82, 2.24) is 20.1 Å². The molecule has 2 N–H and O–H groups in total. The van der Waals surface area contributed by atoms with Gasteiger partial charge in [0.05, 0.1) is 11.4 Å². The van der Waals surface area contributed by atoms with Gasteiger partial charge >= 0.3 is 6.09 Å². The number of carbonyl (C=O) groups is 1. The largest absolute Gasteiger partial charge is 0.446 e. The summed E-state index contributed by atoms with van der Waals surface area (Å²) >= 11 is 0. The Morgan fingerprint density at radius 3 is 2.94 bits per heavy atom. The standard InChI is InChI=1S/C20H28N6O4S/c1-4-26-18-13(8-10-31(26,28)29)7-9-21-19(18)22-17-12-16(23-24-17)14-5-6-15(11-14)30-20(27)25(2)3/h7,9,12,14-15H,4-6,8,10-11H2,1-3H3,(H2,21,22,23,24)/t14-,15+/m0/s1. The van der Waals surface area contributed by atoms with E-state index in [1.807, 2.05) is 19.1 Å². The van der Waals surface area contributed by atoms with Crippen molar-refractivity contribution < 1.29 is 17.9 Å². The molecule has 0 radical (unpaired) electrons. The van der Waals surface area contributed by atoms with Crippen LogP contribution in [0.15, 0.2) is 18.3 Å². The fraction of sp³-hybridized carbons (Fsp3) is 0.550. The van der Waals surface area contributed by atoms with Crippen LogP contribution in [0.25, 0.3) is 0 Å². The summed E-state index contributed by atoms with van der Waals surface area (Å²) in [6, 6.07) is 3.77. The molecule has 0 bridgehead atoms. The summed E-state index contributed by atoms with van der Waals surface area (Å²) in [4.78, 5) is 17.6. The maximum atomic E-state index is 12.5. The Bertz CT molecular complexity index is 1070. The van der Waals surface area contributed by atoms with Crippen LogP contribution in [-0.4, -0.2) is 67.1 Å². The zero-order valence-corrected chi connectivity index (χ0v) is 18.8. The summed E-state index contributed by atoms with van der Waals surface area (Å²) in [7, 11) is -0.0127. The van der Waals surface area contributed by atoms with Crippen LogP contribution in [0.2, 0.25) is 0 Å². The first-order chi connectivity index (χ1) is 14.8. The molecule has 168 valence electrons. The SMILES string of the molecule is CCN1c2c(ccnc2Nc2cc([C@H]3CC[C@@H](OC(=O)N(C)C)C3)[nH]n2)CCS1(=O)=O. The van der Waals surface area contributed by atoms with Gasteiger partial charge in [0.25, 0.3) is 0 Å². The van der Waals surface area contributed by atoms with Crippen LogP contribution >= 0.6 is 0 Å². The van der Waals surface area contributed by atoms with Gasteiger partial charge in [-0.15, -0.1) is 0 Å². The van der Waals surface area contributed by atoms with Gasteiger partial charge in [0, 0.05) is 44.5 Å². The first kappa shape index (κ1) is 21.4. The molecule has 2 aliphatic rings. The number of aromatic amines is 1. The number of amides is 1. The smallest absolute Gasteiger partial charge is 0.409 e. The van der Waals surface area contributed by atoms with Gasteiger partial charge in [-0.2, -0.15) is 5.10 Å². The molecule has 1 amide bonds. The van der Waals surface area contributed by atoms with E-state index < -0.39 is 10.0 Å². The average Bonchev–Trinajstić information content (AvgIpc) is 3.37. The van der Waals surface area contributed by atoms with E-state index >= 15 is 0 Å². The van der Waals surface area contributed by atoms with Gasteiger partial charge in [-0.1, -0.05) is 0 Å². The van der Waals surface area contributed by atoms with Gasteiger partial charge in [-0.3, -0.25) is 9.40 Å². The van der Waals surface area contributed by atoms with Crippen molar-refractivity contribution >= 4 is 33.4 Å². The predicted molar refractivity (Wildman–Crippen MR) is 117 cm³/mol. The number of fused-ring (bicyclic) bond motifs is 1. The Labute approximate surface area is 182 Å². The summed E-state index contributed by atoms with van der Waals surface area (Å²) in [5, 5.41) is 10.6. The number of aromatic nitrogens is 3. The molecule has 0 spiro atoms.